The lowest BCUT2D eigenvalue weighted by Crippen LogP contribution is -2.13. The number of halogens is 2. The van der Waals surface area contributed by atoms with Crippen LogP contribution in [0.4, 0.5) is 0 Å². The van der Waals surface area contributed by atoms with Crippen molar-refractivity contribution >= 4 is 31.9 Å². The van der Waals surface area contributed by atoms with Gasteiger partial charge in [0.2, 0.25) is 5.88 Å². The summed E-state index contributed by atoms with van der Waals surface area (Å²) in [5, 5.41) is 3.29. The number of aryl methyl sites for hydroxylation is 1. The Morgan fingerprint density at radius 1 is 1.25 bits per heavy atom. The van der Waals surface area contributed by atoms with Gasteiger partial charge in [-0.3, -0.25) is 0 Å². The highest BCUT2D eigenvalue weighted by molar-refractivity contribution is 9.10. The summed E-state index contributed by atoms with van der Waals surface area (Å²) in [7, 11) is 0. The number of hydrogen-bond acceptors (Lipinski definition) is 3. The molecule has 0 saturated heterocycles. The first kappa shape index (κ1) is 15.5. The highest BCUT2D eigenvalue weighted by atomic mass is 79.9. The fraction of sp³-hybridized carbons (Fsp3) is 0.267. The van der Waals surface area contributed by atoms with Crippen LogP contribution in [-0.4, -0.2) is 11.5 Å². The van der Waals surface area contributed by atoms with Gasteiger partial charge in [0.15, 0.2) is 0 Å². The van der Waals surface area contributed by atoms with Crippen LogP contribution < -0.4 is 10.1 Å². The van der Waals surface area contributed by atoms with Gasteiger partial charge in [0.25, 0.3) is 0 Å². The van der Waals surface area contributed by atoms with Crippen molar-refractivity contribution in [2.24, 2.45) is 0 Å². The van der Waals surface area contributed by atoms with Gasteiger partial charge in [-0.1, -0.05) is 13.0 Å². The van der Waals surface area contributed by atoms with Gasteiger partial charge < -0.3 is 10.1 Å². The molecule has 0 fully saturated rings. The van der Waals surface area contributed by atoms with Gasteiger partial charge in [0.1, 0.15) is 5.75 Å². The van der Waals surface area contributed by atoms with E-state index in [0.29, 0.717) is 5.88 Å². The fourth-order valence-corrected chi connectivity index (χ4v) is 2.69. The normalized spacial score (nSPS) is 10.6. The van der Waals surface area contributed by atoms with Crippen LogP contribution in [0.2, 0.25) is 0 Å². The van der Waals surface area contributed by atoms with Crippen LogP contribution in [0.1, 0.15) is 18.1 Å². The first-order valence-electron chi connectivity index (χ1n) is 6.39. The molecule has 1 N–H and O–H groups in total. The fourth-order valence-electron chi connectivity index (χ4n) is 1.74. The molecule has 2 aromatic rings. The summed E-state index contributed by atoms with van der Waals surface area (Å²) >= 11 is 6.96. The molecule has 0 aliphatic heterocycles. The summed E-state index contributed by atoms with van der Waals surface area (Å²) in [6.07, 6.45) is 1.74. The predicted molar refractivity (Wildman–Crippen MR) is 88.3 cm³/mol. The molecule has 0 radical (unpaired) electrons. The molecule has 0 unspecified atom stereocenters. The third-order valence-electron chi connectivity index (χ3n) is 2.75. The first-order chi connectivity index (χ1) is 9.60. The van der Waals surface area contributed by atoms with Crippen LogP contribution in [0.5, 0.6) is 11.6 Å². The maximum Gasteiger partial charge on any atom is 0.223 e. The standard InChI is InChI=1S/C15H16Br2N2O/c1-3-18-8-11-7-12(16)9-19-15(11)20-14-5-4-10(2)6-13(14)17/h4-7,9,18H,3,8H2,1-2H3. The van der Waals surface area contributed by atoms with Crippen molar-refractivity contribution in [3.8, 4) is 11.6 Å². The Morgan fingerprint density at radius 2 is 2.05 bits per heavy atom. The minimum atomic E-state index is 0.624. The third kappa shape index (κ3) is 4.04. The van der Waals surface area contributed by atoms with Crippen molar-refractivity contribution < 1.29 is 4.74 Å². The van der Waals surface area contributed by atoms with E-state index in [1.807, 2.05) is 31.2 Å². The van der Waals surface area contributed by atoms with Crippen LogP contribution in [0, 0.1) is 6.92 Å². The molecule has 0 amide bonds. The molecular weight excluding hydrogens is 384 g/mol. The molecule has 0 spiro atoms. The van der Waals surface area contributed by atoms with Gasteiger partial charge >= 0.3 is 0 Å². The second kappa shape index (κ2) is 7.20. The zero-order chi connectivity index (χ0) is 14.5. The molecule has 106 valence electrons. The summed E-state index contributed by atoms with van der Waals surface area (Å²) < 4.78 is 7.80. The van der Waals surface area contributed by atoms with E-state index in [0.717, 1.165) is 33.3 Å². The van der Waals surface area contributed by atoms with Gasteiger partial charge in [-0.05, 0) is 69.1 Å². The van der Waals surface area contributed by atoms with Crippen molar-refractivity contribution in [3.05, 3.63) is 50.5 Å². The largest absolute Gasteiger partial charge is 0.438 e. The molecule has 1 heterocycles. The lowest BCUT2D eigenvalue weighted by atomic mass is 10.2. The van der Waals surface area contributed by atoms with Crippen molar-refractivity contribution in [2.45, 2.75) is 20.4 Å². The van der Waals surface area contributed by atoms with E-state index in [1.165, 1.54) is 5.56 Å². The molecule has 1 aromatic heterocycles. The molecule has 20 heavy (non-hydrogen) atoms. The third-order valence-corrected chi connectivity index (χ3v) is 3.80. The van der Waals surface area contributed by atoms with Crippen molar-refractivity contribution in [3.63, 3.8) is 0 Å². The average Bonchev–Trinajstić information content (AvgIpc) is 2.41. The Hall–Kier alpha value is -0.910. The zero-order valence-electron chi connectivity index (χ0n) is 11.4. The SMILES string of the molecule is CCNCc1cc(Br)cnc1Oc1ccc(C)cc1Br. The highest BCUT2D eigenvalue weighted by Crippen LogP contribution is 2.31. The summed E-state index contributed by atoms with van der Waals surface area (Å²) in [4.78, 5) is 4.36. The number of aromatic nitrogens is 1. The summed E-state index contributed by atoms with van der Waals surface area (Å²) in [5.74, 6) is 1.39. The number of ether oxygens (including phenoxy) is 1. The van der Waals surface area contributed by atoms with Gasteiger partial charge in [-0.2, -0.15) is 0 Å². The van der Waals surface area contributed by atoms with Crippen LogP contribution >= 0.6 is 31.9 Å². The van der Waals surface area contributed by atoms with E-state index < -0.39 is 0 Å². The smallest absolute Gasteiger partial charge is 0.223 e. The number of hydrogen-bond donors (Lipinski definition) is 1. The minimum absolute atomic E-state index is 0.624. The maximum absolute atomic E-state index is 5.93. The first-order valence-corrected chi connectivity index (χ1v) is 7.98. The topological polar surface area (TPSA) is 34.2 Å². The van der Waals surface area contributed by atoms with Crippen molar-refractivity contribution in [1.82, 2.24) is 10.3 Å². The van der Waals surface area contributed by atoms with Gasteiger partial charge in [-0.25, -0.2) is 4.98 Å². The predicted octanol–water partition coefficient (Wildman–Crippen LogP) is 4.82. The zero-order valence-corrected chi connectivity index (χ0v) is 14.6. The van der Waals surface area contributed by atoms with Gasteiger partial charge in [0, 0.05) is 22.8 Å². The Labute approximate surface area is 136 Å². The number of rotatable bonds is 5. The molecule has 5 heteroatoms. The van der Waals surface area contributed by atoms with Crippen LogP contribution in [-0.2, 0) is 6.54 Å². The number of pyridine rings is 1. The lowest BCUT2D eigenvalue weighted by molar-refractivity contribution is 0.450. The second-order valence-electron chi connectivity index (χ2n) is 4.43. The highest BCUT2D eigenvalue weighted by Gasteiger charge is 2.09. The molecule has 1 aromatic carbocycles. The van der Waals surface area contributed by atoms with Crippen LogP contribution in [0.25, 0.3) is 0 Å². The Bertz CT molecular complexity index is 602. The van der Waals surface area contributed by atoms with Gasteiger partial charge in [-0.15, -0.1) is 0 Å². The van der Waals surface area contributed by atoms with E-state index >= 15 is 0 Å². The average molecular weight is 400 g/mol. The van der Waals surface area contributed by atoms with Crippen molar-refractivity contribution in [1.29, 1.82) is 0 Å². The quantitative estimate of drug-likeness (QED) is 0.782. The molecule has 0 saturated carbocycles. The summed E-state index contributed by atoms with van der Waals surface area (Å²) in [5.41, 5.74) is 2.20. The second-order valence-corrected chi connectivity index (χ2v) is 6.20. The lowest BCUT2D eigenvalue weighted by Gasteiger charge is -2.12. The number of benzene rings is 1. The van der Waals surface area contributed by atoms with Crippen LogP contribution in [0.15, 0.2) is 39.4 Å². The van der Waals surface area contributed by atoms with Gasteiger partial charge in [0.05, 0.1) is 4.47 Å². The van der Waals surface area contributed by atoms with Crippen LogP contribution in [0.3, 0.4) is 0 Å². The summed E-state index contributed by atoms with van der Waals surface area (Å²) in [6.45, 7) is 5.74. The number of nitrogens with zero attached hydrogens (tertiary/aromatic N) is 1. The van der Waals surface area contributed by atoms with E-state index in [-0.39, 0.29) is 0 Å². The Morgan fingerprint density at radius 3 is 2.75 bits per heavy atom. The maximum atomic E-state index is 5.93. The van der Waals surface area contributed by atoms with E-state index in [1.54, 1.807) is 6.20 Å². The number of nitrogens with one attached hydrogen (secondary N) is 1. The molecular formula is C15H16Br2N2O. The molecule has 0 aliphatic carbocycles. The molecule has 0 bridgehead atoms. The minimum Gasteiger partial charge on any atom is -0.438 e. The van der Waals surface area contributed by atoms with E-state index in [9.17, 15) is 0 Å². The monoisotopic (exact) mass is 398 g/mol. The molecule has 0 atom stereocenters. The van der Waals surface area contributed by atoms with E-state index in [2.05, 4.69) is 49.1 Å². The Balaban J connectivity index is 2.27. The molecule has 2 rings (SSSR count). The molecule has 3 nitrogen and oxygen atoms in total. The van der Waals surface area contributed by atoms with Crippen molar-refractivity contribution in [2.75, 3.05) is 6.54 Å². The van der Waals surface area contributed by atoms with E-state index in [4.69, 9.17) is 4.74 Å². The summed E-state index contributed by atoms with van der Waals surface area (Å²) in [6, 6.07) is 8.01. The molecule has 0 aliphatic rings. The Kier molecular flexibility index (Phi) is 5.57.